The van der Waals surface area contributed by atoms with Crippen molar-refractivity contribution in [3.05, 3.63) is 29.8 Å². The molecular weight excluding hydrogens is 204 g/mol. The molecule has 1 unspecified atom stereocenters. The fourth-order valence-corrected chi connectivity index (χ4v) is 1.88. The highest BCUT2D eigenvalue weighted by Gasteiger charge is 2.24. The molecular formula is C12H14N2O2. The first-order valence-electron chi connectivity index (χ1n) is 5.19. The van der Waals surface area contributed by atoms with Gasteiger partial charge < -0.3 is 10.5 Å². The highest BCUT2D eigenvalue weighted by atomic mass is 16.5. The monoisotopic (exact) mass is 218 g/mol. The normalized spacial score (nSPS) is 19.2. The topological polar surface area (TPSA) is 64.7 Å². The van der Waals surface area contributed by atoms with Gasteiger partial charge in [0.05, 0.1) is 12.8 Å². The summed E-state index contributed by atoms with van der Waals surface area (Å²) in [6, 6.07) is 7.28. The Kier molecular flexibility index (Phi) is 3.01. The number of fused-ring (bicyclic) bond motifs is 1. The minimum absolute atomic E-state index is 0.116. The van der Waals surface area contributed by atoms with Crippen molar-refractivity contribution in [2.24, 2.45) is 10.7 Å². The second kappa shape index (κ2) is 4.45. The molecule has 2 N–H and O–H groups in total. The maximum atomic E-state index is 11.2. The van der Waals surface area contributed by atoms with Gasteiger partial charge in [0.25, 0.3) is 0 Å². The lowest BCUT2D eigenvalue weighted by Crippen LogP contribution is -2.33. The van der Waals surface area contributed by atoms with E-state index in [1.165, 1.54) is 7.11 Å². The van der Waals surface area contributed by atoms with Gasteiger partial charge in [-0.15, -0.1) is 0 Å². The van der Waals surface area contributed by atoms with Gasteiger partial charge in [-0.25, -0.2) is 0 Å². The number of hydrogen-bond donors (Lipinski definition) is 1. The molecule has 0 saturated carbocycles. The maximum absolute atomic E-state index is 11.2. The minimum Gasteiger partial charge on any atom is -0.468 e. The third-order valence-electron chi connectivity index (χ3n) is 2.74. The minimum atomic E-state index is -0.590. The summed E-state index contributed by atoms with van der Waals surface area (Å²) in [6.45, 7) is 0. The van der Waals surface area contributed by atoms with Crippen LogP contribution in [0.1, 0.15) is 17.9 Å². The van der Waals surface area contributed by atoms with Crippen LogP contribution in [0.25, 0.3) is 0 Å². The van der Waals surface area contributed by atoms with Crippen molar-refractivity contribution in [3.63, 3.8) is 0 Å². The van der Waals surface area contributed by atoms with E-state index in [2.05, 4.69) is 9.73 Å². The van der Waals surface area contributed by atoms with Crippen LogP contribution >= 0.6 is 0 Å². The summed E-state index contributed by atoms with van der Waals surface area (Å²) >= 11 is 0. The first-order valence-corrected chi connectivity index (χ1v) is 5.19. The zero-order chi connectivity index (χ0) is 11.5. The summed E-state index contributed by atoms with van der Waals surface area (Å²) < 4.78 is 4.60. The molecule has 16 heavy (non-hydrogen) atoms. The fraction of sp³-hybridized carbons (Fsp3) is 0.333. The van der Waals surface area contributed by atoms with Crippen molar-refractivity contribution in [2.45, 2.75) is 18.4 Å². The van der Waals surface area contributed by atoms with E-state index < -0.39 is 6.04 Å². The van der Waals surface area contributed by atoms with Gasteiger partial charge in [0.2, 0.25) is 0 Å². The van der Waals surface area contributed by atoms with Crippen LogP contribution in [0.4, 0.5) is 5.69 Å². The number of carbonyl (C=O) groups excluding carboxylic acids is 1. The molecule has 2 rings (SSSR count). The van der Waals surface area contributed by atoms with Crippen LogP contribution < -0.4 is 5.73 Å². The molecule has 1 heterocycles. The van der Waals surface area contributed by atoms with E-state index in [4.69, 9.17) is 5.73 Å². The van der Waals surface area contributed by atoms with Crippen molar-refractivity contribution >= 4 is 17.9 Å². The fourth-order valence-electron chi connectivity index (χ4n) is 1.88. The van der Waals surface area contributed by atoms with Gasteiger partial charge in [0, 0.05) is 12.1 Å². The van der Waals surface area contributed by atoms with Crippen LogP contribution in [-0.4, -0.2) is 25.3 Å². The van der Waals surface area contributed by atoms with E-state index >= 15 is 0 Å². The number of methoxy groups -OCH3 is 1. The largest absolute Gasteiger partial charge is 0.468 e. The van der Waals surface area contributed by atoms with Gasteiger partial charge in [-0.05, 0) is 18.1 Å². The molecule has 0 amide bonds. The summed E-state index contributed by atoms with van der Waals surface area (Å²) in [5, 5.41) is 0. The Balaban J connectivity index is 2.09. The quantitative estimate of drug-likeness (QED) is 0.779. The van der Waals surface area contributed by atoms with Crippen molar-refractivity contribution < 1.29 is 9.53 Å². The Morgan fingerprint density at radius 3 is 3.06 bits per heavy atom. The zero-order valence-electron chi connectivity index (χ0n) is 9.09. The average molecular weight is 218 g/mol. The smallest absolute Gasteiger partial charge is 0.322 e. The van der Waals surface area contributed by atoms with Crippen LogP contribution in [0.3, 0.4) is 0 Å². The summed E-state index contributed by atoms with van der Waals surface area (Å²) in [6.07, 6.45) is 2.38. The molecule has 0 radical (unpaired) electrons. The molecule has 1 aromatic rings. The summed E-state index contributed by atoms with van der Waals surface area (Å²) in [5.41, 5.74) is 7.82. The molecule has 84 valence electrons. The van der Waals surface area contributed by atoms with Gasteiger partial charge in [-0.1, -0.05) is 18.2 Å². The molecule has 0 aromatic heterocycles. The average Bonchev–Trinajstić information content (AvgIpc) is 2.72. The number of nitrogens with two attached hydrogens (primary N) is 1. The highest BCUT2D eigenvalue weighted by Crippen LogP contribution is 2.33. The molecule has 1 aliphatic rings. The van der Waals surface area contributed by atoms with Crippen molar-refractivity contribution in [3.8, 4) is 0 Å². The van der Waals surface area contributed by atoms with E-state index in [1.54, 1.807) is 0 Å². The van der Waals surface area contributed by atoms with Gasteiger partial charge in [-0.2, -0.15) is 0 Å². The predicted molar refractivity (Wildman–Crippen MR) is 61.9 cm³/mol. The van der Waals surface area contributed by atoms with Crippen LogP contribution in [0.15, 0.2) is 29.3 Å². The maximum Gasteiger partial charge on any atom is 0.322 e. The third kappa shape index (κ3) is 1.97. The SMILES string of the molecule is COC(=O)[C@H](N)CC1C=Nc2ccccc21. The van der Waals surface area contributed by atoms with Crippen molar-refractivity contribution in [1.82, 2.24) is 0 Å². The lowest BCUT2D eigenvalue weighted by molar-refractivity contribution is -0.142. The number of ether oxygens (including phenoxy) is 1. The Morgan fingerprint density at radius 1 is 1.56 bits per heavy atom. The number of hydrogen-bond acceptors (Lipinski definition) is 4. The van der Waals surface area contributed by atoms with E-state index in [1.807, 2.05) is 30.5 Å². The summed E-state index contributed by atoms with van der Waals surface area (Å²) in [4.78, 5) is 15.5. The van der Waals surface area contributed by atoms with Crippen LogP contribution in [-0.2, 0) is 9.53 Å². The molecule has 0 spiro atoms. The molecule has 0 saturated heterocycles. The molecule has 0 fully saturated rings. The number of esters is 1. The molecule has 1 aliphatic heterocycles. The summed E-state index contributed by atoms with van der Waals surface area (Å²) in [5.74, 6) is -0.261. The van der Waals surface area contributed by atoms with Crippen LogP contribution in [0.2, 0.25) is 0 Å². The Morgan fingerprint density at radius 2 is 2.31 bits per heavy atom. The second-order valence-electron chi connectivity index (χ2n) is 3.81. The number of carbonyl (C=O) groups is 1. The number of rotatable bonds is 3. The number of benzene rings is 1. The second-order valence-corrected chi connectivity index (χ2v) is 3.81. The molecule has 0 bridgehead atoms. The highest BCUT2D eigenvalue weighted by molar-refractivity contribution is 5.82. The Labute approximate surface area is 94.1 Å². The first kappa shape index (κ1) is 10.8. The zero-order valence-corrected chi connectivity index (χ0v) is 9.09. The molecule has 4 nitrogen and oxygen atoms in total. The van der Waals surface area contributed by atoms with Gasteiger partial charge in [0.15, 0.2) is 0 Å². The van der Waals surface area contributed by atoms with Gasteiger partial charge in [-0.3, -0.25) is 9.79 Å². The van der Waals surface area contributed by atoms with Gasteiger partial charge in [0.1, 0.15) is 6.04 Å². The molecule has 2 atom stereocenters. The van der Waals surface area contributed by atoms with Crippen molar-refractivity contribution in [1.29, 1.82) is 0 Å². The molecule has 0 aliphatic carbocycles. The van der Waals surface area contributed by atoms with E-state index in [0.29, 0.717) is 6.42 Å². The number of aliphatic imine (C=N–C) groups is 1. The molecule has 4 heteroatoms. The van der Waals surface area contributed by atoms with Crippen LogP contribution in [0, 0.1) is 0 Å². The predicted octanol–water partition coefficient (Wildman–Crippen LogP) is 1.38. The van der Waals surface area contributed by atoms with E-state index in [9.17, 15) is 4.79 Å². The Hall–Kier alpha value is -1.68. The molecule has 1 aromatic carbocycles. The van der Waals surface area contributed by atoms with Gasteiger partial charge >= 0.3 is 5.97 Å². The third-order valence-corrected chi connectivity index (χ3v) is 2.74. The van der Waals surface area contributed by atoms with Crippen LogP contribution in [0.5, 0.6) is 0 Å². The summed E-state index contributed by atoms with van der Waals surface area (Å²) in [7, 11) is 1.35. The lowest BCUT2D eigenvalue weighted by Gasteiger charge is -2.13. The Bertz CT molecular complexity index is 429. The lowest BCUT2D eigenvalue weighted by atomic mass is 9.94. The first-order chi connectivity index (χ1) is 7.72. The number of nitrogens with zero attached hydrogens (tertiary/aromatic N) is 1. The number of para-hydroxylation sites is 1. The van der Waals surface area contributed by atoms with E-state index in [-0.39, 0.29) is 11.9 Å². The standard InChI is InChI=1S/C12H14N2O2/c1-16-12(15)10(13)6-8-7-14-11-5-3-2-4-9(8)11/h2-5,7-8,10H,6,13H2,1H3/t8?,10-/m1/s1. The van der Waals surface area contributed by atoms with Crippen molar-refractivity contribution in [2.75, 3.05) is 7.11 Å². The van der Waals surface area contributed by atoms with E-state index in [0.717, 1.165) is 11.3 Å².